The van der Waals surface area contributed by atoms with Crippen molar-refractivity contribution in [1.29, 1.82) is 0 Å². The molecule has 732 valence electrons. The number of aryl methyl sites for hydroxylation is 12. The van der Waals surface area contributed by atoms with Gasteiger partial charge in [-0.3, -0.25) is 0 Å². The molecule has 0 bridgehead atoms. The summed E-state index contributed by atoms with van der Waals surface area (Å²) in [5, 5.41) is 2.75. The minimum Gasteiger partial charge on any atom is -0.388 e. The van der Waals surface area contributed by atoms with Gasteiger partial charge in [0.2, 0.25) is 0 Å². The minimum absolute atomic E-state index is 0. The molecule has 0 spiro atoms. The van der Waals surface area contributed by atoms with Gasteiger partial charge in [0.15, 0.2) is 0 Å². The Labute approximate surface area is 794 Å². The van der Waals surface area contributed by atoms with Crippen molar-refractivity contribution < 1.29 is 14.2 Å². The fraction of sp³-hybridized carbons (Fsp3) is 0.650. The largest absolute Gasteiger partial charge is 0.388 e. The van der Waals surface area contributed by atoms with Crippen molar-refractivity contribution in [1.82, 2.24) is 5.32 Å². The van der Waals surface area contributed by atoms with E-state index in [0.29, 0.717) is 18.6 Å². The van der Waals surface area contributed by atoms with Crippen LogP contribution < -0.4 is 5.32 Å². The third kappa shape index (κ3) is 115. The average Bonchev–Trinajstić information content (AvgIpc) is 0.906. The normalized spacial score (nSPS) is 15.6. The Balaban J connectivity index is -0.0000000973. The van der Waals surface area contributed by atoms with Crippen molar-refractivity contribution >= 4 is 11.8 Å². The van der Waals surface area contributed by atoms with E-state index in [1.54, 1.807) is 40.2 Å². The first kappa shape index (κ1) is 148. The van der Waals surface area contributed by atoms with Crippen molar-refractivity contribution in [3.05, 3.63) is 238 Å². The summed E-state index contributed by atoms with van der Waals surface area (Å²) in [4.78, 5) is 0. The standard InChI is InChI=1S/3C10H14.C8H16.C8H10.C8H16.C8H10.2C8H16.C8H10.C8H18.C4H10O2.C4H8.C3H8.C2H7N.C2H6O.C2H6S.C2H6.C2H4.C2H2.3CH4/c1-3-9-5-7-10(4-2)8-6-9;1-3-9-6-5-7-10(4-2)8-9;1-3-9-7-5-6-8-10(9)4-2;2*1-7-3-5-8(2)6-4-7;2*1-7-4-3-5-8(2)6-7;1-8(2)6-4-3-5-7-8;2*1-7-5-3-4-6-8(7)2;1-3-5-7-8-6-4-2;1-5-3-4-6-2;1-3-4-2;4*1-3-2;3*1-2;;;/h3*5-8H,3-4H2,1-2H3;7-8H,3-6H2,1-2H3;3-6H,1-2H3;7-8H,3-6H2,1-2H3;3-6H,1-2H3;3-7H2,1-2H3;7-8H,3-6H2,1-2H3;3-6H,1-2H3;3-8H2,1-2H3;3-4H2,1-2H3;3-4H,1-2H3;3H2,1-2H3;3H,1-2H3;2*1-2H3;1-2H3;1-2H2;1-2H;3*1H4. The van der Waals surface area contributed by atoms with Crippen LogP contribution in [0.5, 0.6) is 0 Å². The van der Waals surface area contributed by atoms with Crippen LogP contribution in [-0.4, -0.2) is 68.3 Å². The van der Waals surface area contributed by atoms with Gasteiger partial charge in [-0.15, -0.1) is 26.0 Å². The van der Waals surface area contributed by atoms with Gasteiger partial charge in [-0.1, -0.05) is 476 Å². The lowest BCUT2D eigenvalue weighted by Gasteiger charge is -2.28. The van der Waals surface area contributed by atoms with E-state index in [0.717, 1.165) is 74.0 Å². The number of thioether (sulfide) groups is 1. The molecule has 6 aromatic carbocycles. The number of ether oxygens (including phenoxy) is 3. The lowest BCUT2D eigenvalue weighted by molar-refractivity contribution is 0.103. The molecule has 6 aromatic rings. The Morgan fingerprint density at radius 1 is 0.392 bits per heavy atom. The number of allylic oxidation sites excluding steroid dienone is 2. The summed E-state index contributed by atoms with van der Waals surface area (Å²) >= 11 is 1.75. The second kappa shape index (κ2) is 119. The maximum absolute atomic E-state index is 4.66. The molecule has 0 aliphatic heterocycles. The molecule has 0 amide bonds. The molecule has 0 saturated heterocycles. The molecule has 4 aliphatic rings. The minimum atomic E-state index is 0. The highest BCUT2D eigenvalue weighted by Crippen LogP contribution is 2.35. The van der Waals surface area contributed by atoms with Crippen molar-refractivity contribution in [3.8, 4) is 12.8 Å². The number of hydrogen-bond donors (Lipinski definition) is 1. The van der Waals surface area contributed by atoms with Crippen molar-refractivity contribution in [2.45, 2.75) is 409 Å². The van der Waals surface area contributed by atoms with E-state index in [-0.39, 0.29) is 22.3 Å². The molecular formula is C120H223NO3S. The Morgan fingerprint density at radius 2 is 0.688 bits per heavy atom. The monoisotopic (exact) mass is 1760 g/mol. The maximum atomic E-state index is 4.66. The van der Waals surface area contributed by atoms with Crippen LogP contribution in [-0.2, 0) is 52.7 Å². The van der Waals surface area contributed by atoms with E-state index in [2.05, 4.69) is 357 Å². The van der Waals surface area contributed by atoms with Crippen LogP contribution in [0.15, 0.2) is 171 Å². The zero-order chi connectivity index (χ0) is 95.4. The van der Waals surface area contributed by atoms with Crippen LogP contribution in [0.4, 0.5) is 0 Å². The Kier molecular flexibility index (Phi) is 140. The molecule has 4 aliphatic carbocycles. The van der Waals surface area contributed by atoms with Gasteiger partial charge in [0.1, 0.15) is 0 Å². The highest BCUT2D eigenvalue weighted by molar-refractivity contribution is 7.97. The van der Waals surface area contributed by atoms with Gasteiger partial charge in [0.05, 0.1) is 13.2 Å². The van der Waals surface area contributed by atoms with Gasteiger partial charge in [-0.05, 0) is 225 Å². The lowest BCUT2D eigenvalue weighted by atomic mass is 9.78. The first-order chi connectivity index (χ1) is 58.5. The van der Waals surface area contributed by atoms with E-state index in [1.807, 2.05) is 66.5 Å². The molecule has 1 N–H and O–H groups in total. The molecule has 4 saturated carbocycles. The van der Waals surface area contributed by atoms with Crippen molar-refractivity contribution in [2.24, 2.45) is 40.9 Å². The smallest absolute Gasteiger partial charge is 0.0696 e. The molecular weight excluding hydrogens is 1540 g/mol. The SMILES string of the molecule is C.C.C.C#C.C=C.CC.CC1(C)CCCCC1.CC1CCC(C)CC1.CC1CCCC(C)C1.CC1CCCCC1C.CC=CC.CCC.CCCCCCCC.CCc1ccc(CC)cc1.CCc1cccc(CC)c1.CCc1ccccc1CC.CNC.COC.COCCOC.CSC.Cc1ccc(C)cc1.Cc1cccc(C)c1.Cc1ccccc1C. The van der Waals surface area contributed by atoms with E-state index in [4.69, 9.17) is 0 Å². The third-order valence-electron chi connectivity index (χ3n) is 20.9. The number of methoxy groups -OCH3 is 3. The average molecular weight is 1760 g/mol. The first-order valence-electron chi connectivity index (χ1n) is 48.6. The first-order valence-corrected chi connectivity index (χ1v) is 50.2. The zero-order valence-corrected chi connectivity index (χ0v) is 89.1. The maximum Gasteiger partial charge on any atom is 0.0696 e. The van der Waals surface area contributed by atoms with Crippen LogP contribution in [0.2, 0.25) is 0 Å². The molecule has 4 unspecified atom stereocenters. The molecule has 10 rings (SSSR count). The highest BCUT2D eigenvalue weighted by atomic mass is 32.2. The van der Waals surface area contributed by atoms with Gasteiger partial charge in [0, 0.05) is 28.4 Å². The number of terminal acetylenes is 1. The molecule has 125 heavy (non-hydrogen) atoms. The van der Waals surface area contributed by atoms with Crippen molar-refractivity contribution in [3.63, 3.8) is 0 Å². The fourth-order valence-corrected chi connectivity index (χ4v) is 12.6. The Hall–Kier alpha value is -5.45. The molecule has 0 radical (unpaired) electrons. The number of benzene rings is 6. The quantitative estimate of drug-likeness (QED) is 0.0669. The molecule has 5 heteroatoms. The summed E-state index contributed by atoms with van der Waals surface area (Å²) in [5.41, 5.74) is 17.5. The van der Waals surface area contributed by atoms with Gasteiger partial charge in [0.25, 0.3) is 0 Å². The van der Waals surface area contributed by atoms with Crippen LogP contribution in [0.25, 0.3) is 0 Å². The van der Waals surface area contributed by atoms with Crippen molar-refractivity contribution in [2.75, 3.05) is 68.3 Å². The lowest BCUT2D eigenvalue weighted by Crippen LogP contribution is -2.14. The summed E-state index contributed by atoms with van der Waals surface area (Å²) in [7, 11) is 10.3. The summed E-state index contributed by atoms with van der Waals surface area (Å²) < 4.78 is 13.6. The van der Waals surface area contributed by atoms with Crippen LogP contribution in [0.3, 0.4) is 0 Å². The molecule has 0 aromatic heterocycles. The van der Waals surface area contributed by atoms with Gasteiger partial charge in [-0.2, -0.15) is 11.8 Å². The van der Waals surface area contributed by atoms with Gasteiger partial charge in [-0.25, -0.2) is 0 Å². The second-order valence-corrected chi connectivity index (χ2v) is 34.5. The number of nitrogens with one attached hydrogen (secondary N) is 1. The summed E-state index contributed by atoms with van der Waals surface area (Å²) in [6.07, 6.45) is 57.7. The van der Waals surface area contributed by atoms with Gasteiger partial charge < -0.3 is 19.5 Å². The van der Waals surface area contributed by atoms with Crippen LogP contribution >= 0.6 is 11.8 Å². The summed E-state index contributed by atoms with van der Waals surface area (Å²) in [5.74, 6) is 6.07. The van der Waals surface area contributed by atoms with Crippen LogP contribution in [0, 0.1) is 95.3 Å². The number of unbranched alkanes of at least 4 members (excludes halogenated alkanes) is 5. The predicted molar refractivity (Wildman–Crippen MR) is 590 cm³/mol. The molecule has 0 heterocycles. The highest BCUT2D eigenvalue weighted by Gasteiger charge is 2.20. The van der Waals surface area contributed by atoms with Gasteiger partial charge >= 0.3 is 0 Å². The molecule has 4 fully saturated rings. The number of rotatable bonds is 14. The second-order valence-electron chi connectivity index (χ2n) is 33.7. The predicted octanol–water partition coefficient (Wildman–Crippen LogP) is 38.5. The third-order valence-corrected chi connectivity index (χ3v) is 20.9. The summed E-state index contributed by atoms with van der Waals surface area (Å²) in [6, 6.07) is 51.5. The van der Waals surface area contributed by atoms with E-state index in [9.17, 15) is 0 Å². The van der Waals surface area contributed by atoms with E-state index < -0.39 is 0 Å². The topological polar surface area (TPSA) is 39.7 Å². The van der Waals surface area contributed by atoms with Crippen LogP contribution in [0.1, 0.15) is 395 Å². The Bertz CT molecular complexity index is 2770. The molecule has 4 nitrogen and oxygen atoms in total. The number of hydrogen-bond acceptors (Lipinski definition) is 5. The van der Waals surface area contributed by atoms with E-state index in [1.165, 1.54) is 221 Å². The Morgan fingerprint density at radius 3 is 0.896 bits per heavy atom. The fourth-order valence-electron chi connectivity index (χ4n) is 12.6. The van der Waals surface area contributed by atoms with E-state index >= 15 is 0 Å². The molecule has 4 atom stereocenters. The zero-order valence-electron chi connectivity index (χ0n) is 88.3. The summed E-state index contributed by atoms with van der Waals surface area (Å²) in [6.45, 7) is 68.9.